The molecule has 3 nitrogen and oxygen atoms in total. The van der Waals surface area contributed by atoms with E-state index in [2.05, 4.69) is 12.2 Å². The molecule has 1 heterocycles. The highest BCUT2D eigenvalue weighted by Crippen LogP contribution is 2.10. The van der Waals surface area contributed by atoms with E-state index in [0.717, 1.165) is 31.6 Å². The van der Waals surface area contributed by atoms with E-state index in [9.17, 15) is 9.18 Å². The maximum atomic E-state index is 12.8. The molecule has 18 heavy (non-hydrogen) atoms. The fraction of sp³-hybridized carbons (Fsp3) is 0.500. The van der Waals surface area contributed by atoms with Crippen LogP contribution in [0.1, 0.15) is 18.9 Å². The summed E-state index contributed by atoms with van der Waals surface area (Å²) in [5, 5.41) is 3.29. The summed E-state index contributed by atoms with van der Waals surface area (Å²) in [6, 6.07) is 6.42. The minimum atomic E-state index is -0.265. The largest absolute Gasteiger partial charge is 0.338 e. The van der Waals surface area contributed by atoms with E-state index in [1.165, 1.54) is 12.1 Å². The molecule has 0 aliphatic carbocycles. The smallest absolute Gasteiger partial charge is 0.227 e. The average molecular weight is 250 g/mol. The van der Waals surface area contributed by atoms with E-state index in [0.29, 0.717) is 6.42 Å². The molecule has 1 aliphatic rings. The van der Waals surface area contributed by atoms with Crippen LogP contribution >= 0.6 is 0 Å². The summed E-state index contributed by atoms with van der Waals surface area (Å²) >= 11 is 0. The van der Waals surface area contributed by atoms with Crippen molar-refractivity contribution in [1.29, 1.82) is 0 Å². The maximum Gasteiger partial charge on any atom is 0.227 e. The van der Waals surface area contributed by atoms with Crippen LogP contribution in [0, 0.1) is 5.82 Å². The van der Waals surface area contributed by atoms with Crippen LogP contribution < -0.4 is 5.32 Å². The van der Waals surface area contributed by atoms with Gasteiger partial charge in [-0.15, -0.1) is 0 Å². The Balaban J connectivity index is 1.99. The van der Waals surface area contributed by atoms with E-state index in [1.807, 2.05) is 4.90 Å². The van der Waals surface area contributed by atoms with Gasteiger partial charge in [0.1, 0.15) is 5.82 Å². The molecular weight excluding hydrogens is 231 g/mol. The number of benzene rings is 1. The Kier molecular flexibility index (Phi) is 4.31. The summed E-state index contributed by atoms with van der Waals surface area (Å²) in [4.78, 5) is 14.1. The minimum absolute atomic E-state index is 0.123. The van der Waals surface area contributed by atoms with Gasteiger partial charge in [0, 0.05) is 19.1 Å². The summed E-state index contributed by atoms with van der Waals surface area (Å²) in [6.07, 6.45) is 1.33. The summed E-state index contributed by atoms with van der Waals surface area (Å²) < 4.78 is 12.8. The van der Waals surface area contributed by atoms with Crippen molar-refractivity contribution in [2.75, 3.05) is 19.6 Å². The van der Waals surface area contributed by atoms with Crippen LogP contribution in [0.15, 0.2) is 24.3 Å². The van der Waals surface area contributed by atoms with Crippen molar-refractivity contribution >= 4 is 5.91 Å². The van der Waals surface area contributed by atoms with Crippen molar-refractivity contribution in [3.05, 3.63) is 35.6 Å². The average Bonchev–Trinajstić information content (AvgIpc) is 2.57. The lowest BCUT2D eigenvalue weighted by Gasteiger charge is -2.26. The van der Waals surface area contributed by atoms with Gasteiger partial charge in [0.25, 0.3) is 0 Å². The highest BCUT2D eigenvalue weighted by atomic mass is 19.1. The Morgan fingerprint density at radius 2 is 2.11 bits per heavy atom. The normalized spacial score (nSPS) is 20.6. The van der Waals surface area contributed by atoms with Crippen LogP contribution in [0.2, 0.25) is 0 Å². The fourth-order valence-electron chi connectivity index (χ4n) is 2.26. The van der Waals surface area contributed by atoms with E-state index in [1.54, 1.807) is 12.1 Å². The Hall–Kier alpha value is -1.42. The molecule has 1 atom stereocenters. The van der Waals surface area contributed by atoms with Crippen molar-refractivity contribution in [3.8, 4) is 0 Å². The molecule has 0 saturated carbocycles. The van der Waals surface area contributed by atoms with Gasteiger partial charge in [0.2, 0.25) is 5.91 Å². The topological polar surface area (TPSA) is 32.3 Å². The van der Waals surface area contributed by atoms with Crippen LogP contribution in [0.4, 0.5) is 4.39 Å². The summed E-state index contributed by atoms with van der Waals surface area (Å²) in [7, 11) is 0. The van der Waals surface area contributed by atoms with Gasteiger partial charge in [-0.05, 0) is 37.6 Å². The molecule has 4 heteroatoms. The molecule has 0 radical (unpaired) electrons. The lowest BCUT2D eigenvalue weighted by molar-refractivity contribution is -0.132. The van der Waals surface area contributed by atoms with Gasteiger partial charge in [0.15, 0.2) is 0 Å². The van der Waals surface area contributed by atoms with E-state index in [-0.39, 0.29) is 17.8 Å². The number of hydrogen-bond acceptors (Lipinski definition) is 2. The molecule has 1 saturated heterocycles. The number of amides is 1. The quantitative estimate of drug-likeness (QED) is 0.864. The van der Waals surface area contributed by atoms with Crippen LogP contribution in [-0.2, 0) is 11.2 Å². The van der Waals surface area contributed by atoms with Crippen LogP contribution in [0.3, 0.4) is 0 Å². The second-order valence-electron chi connectivity index (χ2n) is 4.78. The summed E-state index contributed by atoms with van der Waals surface area (Å²) in [5.41, 5.74) is 0.866. The molecular formula is C14H19FN2O. The Morgan fingerprint density at radius 3 is 2.83 bits per heavy atom. The molecule has 0 aromatic heterocycles. The van der Waals surface area contributed by atoms with Crippen LogP contribution in [0.25, 0.3) is 0 Å². The van der Waals surface area contributed by atoms with Gasteiger partial charge in [-0.25, -0.2) is 4.39 Å². The number of rotatable bonds is 2. The van der Waals surface area contributed by atoms with Crippen molar-refractivity contribution in [3.63, 3.8) is 0 Å². The number of nitrogens with one attached hydrogen (secondary N) is 1. The molecule has 2 rings (SSSR count). The van der Waals surface area contributed by atoms with Gasteiger partial charge in [-0.3, -0.25) is 4.79 Å². The fourth-order valence-corrected chi connectivity index (χ4v) is 2.26. The van der Waals surface area contributed by atoms with Crippen LogP contribution in [0.5, 0.6) is 0 Å². The SMILES string of the molecule is CC1CCNCCN1C(=O)Cc1ccc(F)cc1. The van der Waals surface area contributed by atoms with Crippen molar-refractivity contribution in [1.82, 2.24) is 10.2 Å². The molecule has 1 amide bonds. The molecule has 0 bridgehead atoms. The zero-order valence-electron chi connectivity index (χ0n) is 10.7. The first-order chi connectivity index (χ1) is 8.66. The predicted octanol–water partition coefficient (Wildman–Crippen LogP) is 1.58. The van der Waals surface area contributed by atoms with Gasteiger partial charge in [0.05, 0.1) is 6.42 Å². The van der Waals surface area contributed by atoms with Gasteiger partial charge in [-0.1, -0.05) is 12.1 Å². The zero-order chi connectivity index (χ0) is 13.0. The first kappa shape index (κ1) is 13.0. The van der Waals surface area contributed by atoms with Gasteiger partial charge in [-0.2, -0.15) is 0 Å². The van der Waals surface area contributed by atoms with E-state index in [4.69, 9.17) is 0 Å². The second-order valence-corrected chi connectivity index (χ2v) is 4.78. The standard InChI is InChI=1S/C14H19FN2O/c1-11-6-7-16-8-9-17(11)14(18)10-12-2-4-13(15)5-3-12/h2-5,11,16H,6-10H2,1H3. The lowest BCUT2D eigenvalue weighted by atomic mass is 10.1. The Morgan fingerprint density at radius 1 is 1.39 bits per heavy atom. The molecule has 1 fully saturated rings. The van der Waals surface area contributed by atoms with Gasteiger partial charge < -0.3 is 10.2 Å². The summed E-state index contributed by atoms with van der Waals surface area (Å²) in [6.45, 7) is 4.64. The number of halogens is 1. The molecule has 1 unspecified atom stereocenters. The lowest BCUT2D eigenvalue weighted by Crippen LogP contribution is -2.40. The van der Waals surface area contributed by atoms with Gasteiger partial charge >= 0.3 is 0 Å². The summed E-state index contributed by atoms with van der Waals surface area (Å²) in [5.74, 6) is -0.142. The third-order valence-corrected chi connectivity index (χ3v) is 3.39. The molecule has 1 N–H and O–H groups in total. The first-order valence-electron chi connectivity index (χ1n) is 6.41. The number of nitrogens with zero attached hydrogens (tertiary/aromatic N) is 1. The number of carbonyl (C=O) groups excluding carboxylic acids is 1. The zero-order valence-corrected chi connectivity index (χ0v) is 10.7. The third-order valence-electron chi connectivity index (χ3n) is 3.39. The highest BCUT2D eigenvalue weighted by Gasteiger charge is 2.21. The molecule has 1 aliphatic heterocycles. The minimum Gasteiger partial charge on any atom is -0.338 e. The van der Waals surface area contributed by atoms with E-state index >= 15 is 0 Å². The molecule has 98 valence electrons. The van der Waals surface area contributed by atoms with E-state index < -0.39 is 0 Å². The number of carbonyl (C=O) groups is 1. The maximum absolute atomic E-state index is 12.8. The van der Waals surface area contributed by atoms with Crippen molar-refractivity contribution in [2.45, 2.75) is 25.8 Å². The molecule has 1 aromatic rings. The number of hydrogen-bond donors (Lipinski definition) is 1. The van der Waals surface area contributed by atoms with Crippen molar-refractivity contribution in [2.24, 2.45) is 0 Å². The highest BCUT2D eigenvalue weighted by molar-refractivity contribution is 5.79. The van der Waals surface area contributed by atoms with Crippen molar-refractivity contribution < 1.29 is 9.18 Å². The third kappa shape index (κ3) is 3.29. The predicted molar refractivity (Wildman–Crippen MR) is 68.8 cm³/mol. The Bertz CT molecular complexity index is 405. The Labute approximate surface area is 107 Å². The molecule has 1 aromatic carbocycles. The first-order valence-corrected chi connectivity index (χ1v) is 6.41. The monoisotopic (exact) mass is 250 g/mol. The van der Waals surface area contributed by atoms with Crippen LogP contribution in [-0.4, -0.2) is 36.5 Å². The second kappa shape index (κ2) is 5.96. The molecule has 0 spiro atoms.